The molecule has 2 amide bonds. The van der Waals surface area contributed by atoms with Crippen molar-refractivity contribution in [2.75, 3.05) is 31.6 Å². The van der Waals surface area contributed by atoms with E-state index in [0.29, 0.717) is 48.7 Å². The molecule has 1 fully saturated rings. The minimum Gasteiger partial charge on any atom is -0.379 e. The molecule has 0 spiro atoms. The molecule has 32 heavy (non-hydrogen) atoms. The Morgan fingerprint density at radius 2 is 1.69 bits per heavy atom. The van der Waals surface area contributed by atoms with E-state index in [1.807, 2.05) is 13.8 Å². The van der Waals surface area contributed by atoms with E-state index in [4.69, 9.17) is 4.74 Å². The summed E-state index contributed by atoms with van der Waals surface area (Å²) in [7, 11) is -3.44. The van der Waals surface area contributed by atoms with Crippen molar-refractivity contribution in [1.29, 1.82) is 0 Å². The number of ether oxygens (including phenoxy) is 1. The Kier molecular flexibility index (Phi) is 8.00. The van der Waals surface area contributed by atoms with Gasteiger partial charge in [0.25, 0.3) is 11.8 Å². The van der Waals surface area contributed by atoms with E-state index in [2.05, 4.69) is 10.6 Å². The van der Waals surface area contributed by atoms with Crippen molar-refractivity contribution in [1.82, 2.24) is 9.62 Å². The normalized spacial score (nSPS) is 15.7. The van der Waals surface area contributed by atoms with E-state index in [0.717, 1.165) is 6.42 Å². The third kappa shape index (κ3) is 6.15. The molecule has 1 heterocycles. The van der Waals surface area contributed by atoms with Crippen molar-refractivity contribution >= 4 is 27.5 Å². The summed E-state index contributed by atoms with van der Waals surface area (Å²) in [6, 6.07) is 13.3. The molecule has 0 saturated carbocycles. The highest BCUT2D eigenvalue weighted by Crippen LogP contribution is 2.18. The molecule has 1 atom stereocenters. The second kappa shape index (κ2) is 10.7. The summed E-state index contributed by atoms with van der Waals surface area (Å²) in [6.07, 6.45) is 0.799. The van der Waals surface area contributed by atoms with E-state index in [9.17, 15) is 18.0 Å². The molecule has 9 heteroatoms. The van der Waals surface area contributed by atoms with Crippen LogP contribution in [0.25, 0.3) is 0 Å². The first-order chi connectivity index (χ1) is 15.3. The Labute approximate surface area is 189 Å². The minimum absolute atomic E-state index is 0.0209. The van der Waals surface area contributed by atoms with Gasteiger partial charge in [0, 0.05) is 24.7 Å². The number of sulfonamides is 1. The Balaban J connectivity index is 1.67. The van der Waals surface area contributed by atoms with Crippen LogP contribution in [-0.2, 0) is 20.5 Å². The van der Waals surface area contributed by atoms with Crippen molar-refractivity contribution in [2.45, 2.75) is 32.1 Å². The molecule has 2 aromatic rings. The third-order valence-electron chi connectivity index (χ3n) is 5.34. The van der Waals surface area contributed by atoms with Crippen molar-refractivity contribution in [3.63, 3.8) is 0 Å². The first-order valence-electron chi connectivity index (χ1n) is 10.7. The van der Waals surface area contributed by atoms with Crippen LogP contribution < -0.4 is 10.6 Å². The van der Waals surface area contributed by atoms with E-state index >= 15 is 0 Å². The molecular weight excluding hydrogens is 430 g/mol. The molecule has 2 N–H and O–H groups in total. The minimum atomic E-state index is -3.44. The summed E-state index contributed by atoms with van der Waals surface area (Å²) in [5, 5.41) is 5.67. The van der Waals surface area contributed by atoms with E-state index < -0.39 is 10.0 Å². The highest BCUT2D eigenvalue weighted by molar-refractivity contribution is 7.88. The van der Waals surface area contributed by atoms with Crippen LogP contribution in [0.15, 0.2) is 48.5 Å². The van der Waals surface area contributed by atoms with Gasteiger partial charge in [-0.25, -0.2) is 8.42 Å². The highest BCUT2D eigenvalue weighted by Gasteiger charge is 2.24. The number of anilines is 1. The number of amides is 2. The van der Waals surface area contributed by atoms with E-state index in [-0.39, 0.29) is 23.6 Å². The lowest BCUT2D eigenvalue weighted by Gasteiger charge is -2.26. The van der Waals surface area contributed by atoms with Gasteiger partial charge < -0.3 is 15.4 Å². The lowest BCUT2D eigenvalue weighted by atomic mass is 10.1. The monoisotopic (exact) mass is 459 g/mol. The molecule has 8 nitrogen and oxygen atoms in total. The molecule has 0 unspecified atom stereocenters. The van der Waals surface area contributed by atoms with Crippen LogP contribution in [0.5, 0.6) is 0 Å². The predicted molar refractivity (Wildman–Crippen MR) is 123 cm³/mol. The first kappa shape index (κ1) is 23.9. The number of hydrogen-bond donors (Lipinski definition) is 2. The molecular formula is C23H29N3O5S. The fourth-order valence-corrected chi connectivity index (χ4v) is 4.77. The molecule has 0 aliphatic carbocycles. The maximum atomic E-state index is 12.7. The first-order valence-corrected chi connectivity index (χ1v) is 12.3. The molecule has 0 radical (unpaired) electrons. The largest absolute Gasteiger partial charge is 0.379 e. The van der Waals surface area contributed by atoms with Crippen LogP contribution in [0.3, 0.4) is 0 Å². The number of hydrogen-bond acceptors (Lipinski definition) is 5. The Morgan fingerprint density at radius 3 is 2.34 bits per heavy atom. The third-order valence-corrected chi connectivity index (χ3v) is 7.19. The molecule has 172 valence electrons. The summed E-state index contributed by atoms with van der Waals surface area (Å²) in [6.45, 7) is 5.40. The van der Waals surface area contributed by atoms with Gasteiger partial charge in [0.1, 0.15) is 0 Å². The number of nitrogens with one attached hydrogen (secondary N) is 2. The summed E-state index contributed by atoms with van der Waals surface area (Å²) in [4.78, 5) is 25.3. The smallest absolute Gasteiger partial charge is 0.255 e. The zero-order valence-corrected chi connectivity index (χ0v) is 19.2. The summed E-state index contributed by atoms with van der Waals surface area (Å²) in [5.74, 6) is -0.761. The van der Waals surface area contributed by atoms with Crippen molar-refractivity contribution < 1.29 is 22.7 Å². The van der Waals surface area contributed by atoms with Gasteiger partial charge in [-0.3, -0.25) is 9.59 Å². The second-order valence-corrected chi connectivity index (χ2v) is 9.72. The summed E-state index contributed by atoms with van der Waals surface area (Å²) in [5.41, 5.74) is 1.77. The van der Waals surface area contributed by atoms with Gasteiger partial charge in [0.2, 0.25) is 10.0 Å². The zero-order chi connectivity index (χ0) is 23.1. The fourth-order valence-electron chi connectivity index (χ4n) is 3.27. The van der Waals surface area contributed by atoms with Crippen molar-refractivity contribution in [3.05, 3.63) is 65.2 Å². The van der Waals surface area contributed by atoms with Gasteiger partial charge in [-0.05, 0) is 43.2 Å². The van der Waals surface area contributed by atoms with Crippen LogP contribution in [0.2, 0.25) is 0 Å². The second-order valence-electron chi connectivity index (χ2n) is 7.75. The van der Waals surface area contributed by atoms with Crippen molar-refractivity contribution in [3.8, 4) is 0 Å². The lowest BCUT2D eigenvalue weighted by molar-refractivity contribution is 0.0729. The van der Waals surface area contributed by atoms with Crippen LogP contribution in [-0.4, -0.2) is 56.9 Å². The van der Waals surface area contributed by atoms with Gasteiger partial charge in [-0.1, -0.05) is 31.2 Å². The number of carbonyl (C=O) groups is 2. The Hall–Kier alpha value is -2.75. The summed E-state index contributed by atoms with van der Waals surface area (Å²) < 4.78 is 31.8. The Bertz CT molecular complexity index is 1050. The molecule has 1 aliphatic heterocycles. The quantitative estimate of drug-likeness (QED) is 0.631. The van der Waals surface area contributed by atoms with Crippen molar-refractivity contribution in [2.24, 2.45) is 0 Å². The number of morpholine rings is 1. The maximum absolute atomic E-state index is 12.7. The topological polar surface area (TPSA) is 105 Å². The molecule has 0 aromatic heterocycles. The number of para-hydroxylation sites is 1. The number of carbonyl (C=O) groups excluding carboxylic acids is 2. The number of rotatable bonds is 8. The fraction of sp³-hybridized carbons (Fsp3) is 0.391. The zero-order valence-electron chi connectivity index (χ0n) is 18.3. The van der Waals surface area contributed by atoms with Gasteiger partial charge in [0.05, 0.1) is 30.2 Å². The standard InChI is InChI=1S/C23H29N3O5S/c1-3-17(2)24-23(28)20-6-4-5-7-21(20)25-22(27)19-10-8-18(9-11-19)16-32(29,30)26-12-14-31-15-13-26/h4-11,17H,3,12-16H2,1-2H3,(H,24,28)(H,25,27)/t17-/m0/s1. The SMILES string of the molecule is CC[C@H](C)NC(=O)c1ccccc1NC(=O)c1ccc(CS(=O)(=O)N2CCOCC2)cc1. The van der Waals surface area contributed by atoms with Crippen LogP contribution >= 0.6 is 0 Å². The molecule has 1 saturated heterocycles. The average molecular weight is 460 g/mol. The van der Waals surface area contributed by atoms with E-state index in [1.165, 1.54) is 4.31 Å². The number of nitrogens with zero attached hydrogens (tertiary/aromatic N) is 1. The number of benzene rings is 2. The Morgan fingerprint density at radius 1 is 1.03 bits per heavy atom. The van der Waals surface area contributed by atoms with Crippen LogP contribution in [0.4, 0.5) is 5.69 Å². The molecule has 2 aromatic carbocycles. The van der Waals surface area contributed by atoms with Crippen LogP contribution in [0, 0.1) is 0 Å². The maximum Gasteiger partial charge on any atom is 0.255 e. The summed E-state index contributed by atoms with van der Waals surface area (Å²) >= 11 is 0. The lowest BCUT2D eigenvalue weighted by Crippen LogP contribution is -2.41. The van der Waals surface area contributed by atoms with Gasteiger partial charge in [-0.2, -0.15) is 4.31 Å². The molecule has 3 rings (SSSR count). The van der Waals surface area contributed by atoms with Gasteiger partial charge in [0.15, 0.2) is 0 Å². The van der Waals surface area contributed by atoms with Crippen LogP contribution in [0.1, 0.15) is 46.5 Å². The predicted octanol–water partition coefficient (Wildman–Crippen LogP) is 2.63. The van der Waals surface area contributed by atoms with Gasteiger partial charge in [-0.15, -0.1) is 0 Å². The van der Waals surface area contributed by atoms with Gasteiger partial charge >= 0.3 is 0 Å². The van der Waals surface area contributed by atoms with E-state index in [1.54, 1.807) is 48.5 Å². The average Bonchev–Trinajstić information content (AvgIpc) is 2.80. The highest BCUT2D eigenvalue weighted by atomic mass is 32.2. The molecule has 1 aliphatic rings. The molecule has 0 bridgehead atoms.